The Bertz CT molecular complexity index is 2320. The molecule has 6 aromatic carbocycles. The van der Waals surface area contributed by atoms with Gasteiger partial charge in [-0.2, -0.15) is 0 Å². The molecule has 0 N–H and O–H groups in total. The number of ether oxygens (including phenoxy) is 1. The van der Waals surface area contributed by atoms with Crippen LogP contribution in [0.4, 0.5) is 5.69 Å². The predicted molar refractivity (Wildman–Crippen MR) is 186 cm³/mol. The molecule has 216 valence electrons. The van der Waals surface area contributed by atoms with Gasteiger partial charge in [-0.15, -0.1) is 0 Å². The lowest BCUT2D eigenvalue weighted by Gasteiger charge is -2.21. The van der Waals surface area contributed by atoms with Crippen LogP contribution < -0.4 is 9.64 Å². The molecule has 1 aliphatic rings. The van der Waals surface area contributed by atoms with E-state index in [1.54, 1.807) is 0 Å². The van der Waals surface area contributed by atoms with Gasteiger partial charge in [-0.05, 0) is 48.5 Å². The summed E-state index contributed by atoms with van der Waals surface area (Å²) in [6, 6.07) is 51.1. The number of anilines is 1. The van der Waals surface area contributed by atoms with Crippen LogP contribution in [0, 0.1) is 0 Å². The minimum atomic E-state index is 0.739. The standard InChI is InChI=1S/C40H30N4O/c1-41-27-42(26-40(41)44-38-22-8-4-18-34(38)35-19-5-9-23-39(35)44)28-12-10-14-30(24-28)45-31-15-11-13-29(25-31)43-36-20-6-2-16-32(36)33-17-3-7-21-37(33)43/h2-26H,27H2,1H3. The zero-order chi connectivity index (χ0) is 29.9. The highest BCUT2D eigenvalue weighted by Gasteiger charge is 2.24. The van der Waals surface area contributed by atoms with Crippen molar-refractivity contribution in [3.63, 3.8) is 0 Å². The summed E-state index contributed by atoms with van der Waals surface area (Å²) < 4.78 is 11.2. The Labute approximate surface area is 261 Å². The Hall–Kier alpha value is -5.94. The third-order valence-electron chi connectivity index (χ3n) is 8.88. The highest BCUT2D eigenvalue weighted by molar-refractivity contribution is 6.10. The highest BCUT2D eigenvalue weighted by Crippen LogP contribution is 2.37. The Morgan fingerprint density at radius 2 is 0.911 bits per heavy atom. The summed E-state index contributed by atoms with van der Waals surface area (Å²) in [4.78, 5) is 4.57. The summed E-state index contributed by atoms with van der Waals surface area (Å²) in [6.45, 7) is 0.739. The van der Waals surface area contributed by atoms with E-state index in [-0.39, 0.29) is 0 Å². The molecule has 8 aromatic rings. The largest absolute Gasteiger partial charge is 0.457 e. The van der Waals surface area contributed by atoms with Gasteiger partial charge in [0, 0.05) is 58.3 Å². The van der Waals surface area contributed by atoms with Crippen molar-refractivity contribution in [2.75, 3.05) is 18.6 Å². The molecule has 1 aliphatic heterocycles. The Kier molecular flexibility index (Phi) is 5.72. The lowest BCUT2D eigenvalue weighted by atomic mass is 10.2. The molecule has 0 atom stereocenters. The second kappa shape index (κ2) is 10.1. The molecule has 0 saturated heterocycles. The van der Waals surface area contributed by atoms with Crippen LogP contribution >= 0.6 is 0 Å². The maximum Gasteiger partial charge on any atom is 0.131 e. The van der Waals surface area contributed by atoms with Gasteiger partial charge in [0.25, 0.3) is 0 Å². The summed E-state index contributed by atoms with van der Waals surface area (Å²) in [5, 5.41) is 5.02. The van der Waals surface area contributed by atoms with E-state index in [4.69, 9.17) is 4.74 Å². The van der Waals surface area contributed by atoms with Crippen molar-refractivity contribution in [3.05, 3.63) is 152 Å². The van der Waals surface area contributed by atoms with Crippen LogP contribution in [0.5, 0.6) is 11.5 Å². The van der Waals surface area contributed by atoms with E-state index < -0.39 is 0 Å². The number of hydrogen-bond donors (Lipinski definition) is 0. The van der Waals surface area contributed by atoms with Crippen LogP contribution in [0.25, 0.3) is 55.1 Å². The zero-order valence-corrected chi connectivity index (χ0v) is 24.8. The van der Waals surface area contributed by atoms with Gasteiger partial charge in [-0.3, -0.25) is 4.57 Å². The predicted octanol–water partition coefficient (Wildman–Crippen LogP) is 9.85. The molecule has 5 heteroatoms. The monoisotopic (exact) mass is 582 g/mol. The summed E-state index contributed by atoms with van der Waals surface area (Å²) in [5.41, 5.74) is 6.93. The van der Waals surface area contributed by atoms with Crippen molar-refractivity contribution in [2.45, 2.75) is 0 Å². The molecule has 0 bridgehead atoms. The number of para-hydroxylation sites is 4. The maximum absolute atomic E-state index is 6.50. The lowest BCUT2D eigenvalue weighted by molar-refractivity contribution is 0.481. The normalized spacial score (nSPS) is 13.4. The number of nitrogens with zero attached hydrogens (tertiary/aromatic N) is 4. The average molecular weight is 583 g/mol. The van der Waals surface area contributed by atoms with Crippen molar-refractivity contribution >= 4 is 55.1 Å². The molecule has 0 aliphatic carbocycles. The number of benzene rings is 6. The molecule has 5 nitrogen and oxygen atoms in total. The first-order valence-electron chi connectivity index (χ1n) is 15.3. The number of hydrogen-bond acceptors (Lipinski definition) is 3. The van der Waals surface area contributed by atoms with E-state index in [0.29, 0.717) is 0 Å². The van der Waals surface area contributed by atoms with Gasteiger partial charge in [0.2, 0.25) is 0 Å². The molecule has 2 aromatic heterocycles. The van der Waals surface area contributed by atoms with Crippen molar-refractivity contribution in [1.82, 2.24) is 14.0 Å². The van der Waals surface area contributed by atoms with E-state index in [0.717, 1.165) is 35.4 Å². The molecule has 3 heterocycles. The molecule has 0 amide bonds. The maximum atomic E-state index is 6.50. The molecule has 0 unspecified atom stereocenters. The van der Waals surface area contributed by atoms with Gasteiger partial charge in [0.15, 0.2) is 0 Å². The quantitative estimate of drug-likeness (QED) is 0.202. The number of aromatic nitrogens is 2. The molecule has 9 rings (SSSR count). The van der Waals surface area contributed by atoms with Crippen molar-refractivity contribution in [3.8, 4) is 17.2 Å². The molecular weight excluding hydrogens is 552 g/mol. The summed E-state index contributed by atoms with van der Waals surface area (Å²) in [6.07, 6.45) is 2.24. The summed E-state index contributed by atoms with van der Waals surface area (Å²) in [7, 11) is 2.15. The van der Waals surface area contributed by atoms with Gasteiger partial charge in [-0.1, -0.05) is 84.9 Å². The van der Waals surface area contributed by atoms with Gasteiger partial charge in [-0.25, -0.2) is 0 Å². The van der Waals surface area contributed by atoms with Crippen LogP contribution in [0.15, 0.2) is 152 Å². The molecule has 0 fully saturated rings. The van der Waals surface area contributed by atoms with Gasteiger partial charge in [0.05, 0.1) is 28.7 Å². The van der Waals surface area contributed by atoms with Crippen molar-refractivity contribution in [2.24, 2.45) is 0 Å². The first-order chi connectivity index (χ1) is 22.2. The number of fused-ring (bicyclic) bond motifs is 6. The molecule has 45 heavy (non-hydrogen) atoms. The zero-order valence-electron chi connectivity index (χ0n) is 24.8. The second-order valence-corrected chi connectivity index (χ2v) is 11.6. The number of rotatable bonds is 5. The molecule has 0 spiro atoms. The molecule has 0 saturated carbocycles. The van der Waals surface area contributed by atoms with E-state index in [2.05, 4.69) is 166 Å². The molecular formula is C40H30N4O. The first-order valence-corrected chi connectivity index (χ1v) is 15.3. The average Bonchev–Trinajstić information content (AvgIpc) is 3.74. The highest BCUT2D eigenvalue weighted by atomic mass is 16.5. The minimum absolute atomic E-state index is 0.739. The van der Waals surface area contributed by atoms with Gasteiger partial charge < -0.3 is 19.1 Å². The van der Waals surface area contributed by atoms with E-state index in [1.807, 2.05) is 12.1 Å². The van der Waals surface area contributed by atoms with Crippen LogP contribution in [0.3, 0.4) is 0 Å². The lowest BCUT2D eigenvalue weighted by Crippen LogP contribution is -2.24. The van der Waals surface area contributed by atoms with Crippen LogP contribution in [0.2, 0.25) is 0 Å². The molecule has 0 radical (unpaired) electrons. The smallest absolute Gasteiger partial charge is 0.131 e. The van der Waals surface area contributed by atoms with E-state index in [1.165, 1.54) is 43.6 Å². The van der Waals surface area contributed by atoms with Gasteiger partial charge in [0.1, 0.15) is 17.3 Å². The van der Waals surface area contributed by atoms with Crippen LogP contribution in [0.1, 0.15) is 0 Å². The fourth-order valence-electron chi connectivity index (χ4n) is 6.88. The SMILES string of the molecule is CN1CN(c2cccc(Oc3cccc(-n4c5ccccc5c5ccccc54)c3)c2)C=C1n1c2ccccc2c2ccccc21. The van der Waals surface area contributed by atoms with Crippen molar-refractivity contribution in [1.29, 1.82) is 0 Å². The first kappa shape index (κ1) is 25.5. The summed E-state index contributed by atoms with van der Waals surface area (Å²) in [5.74, 6) is 2.73. The minimum Gasteiger partial charge on any atom is -0.457 e. The fraction of sp³-hybridized carbons (Fsp3) is 0.0500. The van der Waals surface area contributed by atoms with Crippen LogP contribution in [-0.2, 0) is 0 Å². The second-order valence-electron chi connectivity index (χ2n) is 11.6. The van der Waals surface area contributed by atoms with E-state index >= 15 is 0 Å². The third-order valence-corrected chi connectivity index (χ3v) is 8.88. The summed E-state index contributed by atoms with van der Waals surface area (Å²) >= 11 is 0. The van der Waals surface area contributed by atoms with Crippen LogP contribution in [-0.4, -0.2) is 27.8 Å². The fourth-order valence-corrected chi connectivity index (χ4v) is 6.88. The Balaban J connectivity index is 1.06. The topological polar surface area (TPSA) is 25.6 Å². The Morgan fingerprint density at radius 1 is 0.467 bits per heavy atom. The van der Waals surface area contributed by atoms with Crippen molar-refractivity contribution < 1.29 is 4.74 Å². The van der Waals surface area contributed by atoms with E-state index in [9.17, 15) is 0 Å². The van der Waals surface area contributed by atoms with Gasteiger partial charge >= 0.3 is 0 Å². The Morgan fingerprint density at radius 3 is 1.44 bits per heavy atom. The third kappa shape index (κ3) is 4.09.